The smallest absolute Gasteiger partial charge is 0.224 e. The summed E-state index contributed by atoms with van der Waals surface area (Å²) >= 11 is 12.0. The Bertz CT molecular complexity index is 1400. The fourth-order valence-electron chi connectivity index (χ4n) is 4.58. The highest BCUT2D eigenvalue weighted by Crippen LogP contribution is 2.22. The number of hydrogen-bond acceptors (Lipinski definition) is 4. The maximum Gasteiger partial charge on any atom is 0.224 e. The number of halogens is 2. The SMILES string of the molecule is Cc1ccc(C)n1-c1ccc(C(O)CNC(C)Cc2cccc(CC(=O)NCc3ccc(Cl)c(Cl)c3)c2)cn1. The molecule has 204 valence electrons. The fourth-order valence-corrected chi connectivity index (χ4v) is 4.90. The Morgan fingerprint density at radius 1 is 0.949 bits per heavy atom. The zero-order valence-corrected chi connectivity index (χ0v) is 23.9. The maximum atomic E-state index is 12.5. The number of aromatic nitrogens is 2. The van der Waals surface area contributed by atoms with E-state index in [1.165, 1.54) is 0 Å². The van der Waals surface area contributed by atoms with Crippen LogP contribution in [0.15, 0.2) is 72.9 Å². The molecule has 4 rings (SSSR count). The summed E-state index contributed by atoms with van der Waals surface area (Å²) in [6.45, 7) is 6.99. The van der Waals surface area contributed by atoms with Gasteiger partial charge in [0.15, 0.2) is 0 Å². The highest BCUT2D eigenvalue weighted by Gasteiger charge is 2.13. The summed E-state index contributed by atoms with van der Waals surface area (Å²) in [7, 11) is 0. The van der Waals surface area contributed by atoms with Gasteiger partial charge in [-0.1, -0.05) is 59.6 Å². The lowest BCUT2D eigenvalue weighted by molar-refractivity contribution is -0.120. The van der Waals surface area contributed by atoms with Crippen LogP contribution >= 0.6 is 23.2 Å². The number of rotatable bonds is 11. The molecule has 8 heteroatoms. The second kappa shape index (κ2) is 13.3. The zero-order chi connectivity index (χ0) is 27.9. The Labute approximate surface area is 240 Å². The lowest BCUT2D eigenvalue weighted by atomic mass is 10.0. The van der Waals surface area contributed by atoms with Crippen LogP contribution < -0.4 is 10.6 Å². The molecule has 6 nitrogen and oxygen atoms in total. The van der Waals surface area contributed by atoms with Gasteiger partial charge in [-0.3, -0.25) is 4.79 Å². The lowest BCUT2D eigenvalue weighted by Crippen LogP contribution is -2.32. The van der Waals surface area contributed by atoms with Crippen molar-refractivity contribution in [3.8, 4) is 5.82 Å². The number of aliphatic hydroxyl groups is 1. The van der Waals surface area contributed by atoms with Gasteiger partial charge in [0.2, 0.25) is 5.91 Å². The molecular formula is C31H34Cl2N4O2. The van der Waals surface area contributed by atoms with Gasteiger partial charge in [0.05, 0.1) is 22.6 Å². The standard InChI is InChI=1S/C31H34Cl2N4O2/c1-20(34-19-29(38)26-10-12-30(35-18-26)37-21(2)7-8-22(37)3)13-23-5-4-6-24(14-23)16-31(39)36-17-25-9-11-27(32)28(33)15-25/h4-12,14-15,18,20,29,34,38H,13,16-17,19H2,1-3H3,(H,36,39). The molecule has 0 aliphatic rings. The first kappa shape index (κ1) is 28.8. The summed E-state index contributed by atoms with van der Waals surface area (Å²) in [6, 6.07) is 21.5. The molecule has 0 aliphatic carbocycles. The van der Waals surface area contributed by atoms with Crippen LogP contribution in [-0.2, 0) is 24.2 Å². The van der Waals surface area contributed by atoms with Crippen molar-refractivity contribution in [2.75, 3.05) is 6.54 Å². The Morgan fingerprint density at radius 3 is 2.38 bits per heavy atom. The largest absolute Gasteiger partial charge is 0.387 e. The van der Waals surface area contributed by atoms with Crippen LogP contribution in [0.4, 0.5) is 0 Å². The second-order valence-electron chi connectivity index (χ2n) is 9.95. The number of benzene rings is 2. The quantitative estimate of drug-likeness (QED) is 0.211. The van der Waals surface area contributed by atoms with E-state index in [1.54, 1.807) is 18.3 Å². The minimum Gasteiger partial charge on any atom is -0.387 e. The minimum atomic E-state index is -0.661. The first-order chi connectivity index (χ1) is 18.7. The highest BCUT2D eigenvalue weighted by molar-refractivity contribution is 6.42. The summed E-state index contributed by atoms with van der Waals surface area (Å²) in [5.41, 5.74) is 5.99. The molecule has 0 fully saturated rings. The molecule has 2 unspecified atom stereocenters. The monoisotopic (exact) mass is 564 g/mol. The predicted molar refractivity (Wildman–Crippen MR) is 158 cm³/mol. The number of carbonyl (C=O) groups excluding carboxylic acids is 1. The van der Waals surface area contributed by atoms with Crippen molar-refractivity contribution in [2.45, 2.75) is 52.3 Å². The molecule has 2 heterocycles. The number of aryl methyl sites for hydroxylation is 2. The van der Waals surface area contributed by atoms with Crippen LogP contribution in [0.3, 0.4) is 0 Å². The van der Waals surface area contributed by atoms with Crippen molar-refractivity contribution in [1.29, 1.82) is 0 Å². The van der Waals surface area contributed by atoms with Crippen LogP contribution in [-0.4, -0.2) is 33.2 Å². The van der Waals surface area contributed by atoms with Crippen molar-refractivity contribution in [3.63, 3.8) is 0 Å². The molecule has 39 heavy (non-hydrogen) atoms. The summed E-state index contributed by atoms with van der Waals surface area (Å²) < 4.78 is 2.09. The maximum absolute atomic E-state index is 12.5. The van der Waals surface area contributed by atoms with Gasteiger partial charge in [-0.25, -0.2) is 4.98 Å². The van der Waals surface area contributed by atoms with E-state index in [-0.39, 0.29) is 11.9 Å². The fraction of sp³-hybridized carbons (Fsp3) is 0.290. The van der Waals surface area contributed by atoms with Crippen molar-refractivity contribution < 1.29 is 9.90 Å². The van der Waals surface area contributed by atoms with Gasteiger partial charge in [-0.15, -0.1) is 0 Å². The first-order valence-corrected chi connectivity index (χ1v) is 13.8. The van der Waals surface area contributed by atoms with Gasteiger partial charge in [-0.2, -0.15) is 0 Å². The van der Waals surface area contributed by atoms with Crippen molar-refractivity contribution in [1.82, 2.24) is 20.2 Å². The number of aliphatic hydroxyl groups excluding tert-OH is 1. The summed E-state index contributed by atoms with van der Waals surface area (Å²) in [5.74, 6) is 0.782. The predicted octanol–water partition coefficient (Wildman–Crippen LogP) is 5.91. The third-order valence-corrected chi connectivity index (χ3v) is 7.43. The molecule has 2 aromatic carbocycles. The van der Waals surface area contributed by atoms with Gasteiger partial charge in [-0.05, 0) is 74.2 Å². The van der Waals surface area contributed by atoms with E-state index >= 15 is 0 Å². The molecule has 4 aromatic rings. The second-order valence-corrected chi connectivity index (χ2v) is 10.8. The molecular weight excluding hydrogens is 531 g/mol. The topological polar surface area (TPSA) is 79.2 Å². The summed E-state index contributed by atoms with van der Waals surface area (Å²) in [5, 5.41) is 18.0. The number of hydrogen-bond donors (Lipinski definition) is 3. The Hall–Kier alpha value is -3.16. The van der Waals surface area contributed by atoms with E-state index in [0.717, 1.165) is 45.9 Å². The van der Waals surface area contributed by atoms with Crippen molar-refractivity contribution in [3.05, 3.63) is 117 Å². The average molecular weight is 566 g/mol. The molecule has 1 amide bonds. The van der Waals surface area contributed by atoms with Crippen LogP contribution in [0.2, 0.25) is 10.0 Å². The van der Waals surface area contributed by atoms with Gasteiger partial charge in [0.1, 0.15) is 5.82 Å². The number of amides is 1. The highest BCUT2D eigenvalue weighted by atomic mass is 35.5. The molecule has 0 bridgehead atoms. The normalized spacial score (nSPS) is 12.8. The van der Waals surface area contributed by atoms with E-state index in [4.69, 9.17) is 23.2 Å². The van der Waals surface area contributed by atoms with Crippen LogP contribution in [0.25, 0.3) is 5.82 Å². The average Bonchev–Trinajstić information content (AvgIpc) is 3.25. The molecule has 0 spiro atoms. The molecule has 3 N–H and O–H groups in total. The lowest BCUT2D eigenvalue weighted by Gasteiger charge is -2.18. The van der Waals surface area contributed by atoms with E-state index in [9.17, 15) is 9.90 Å². The van der Waals surface area contributed by atoms with Crippen molar-refractivity contribution in [2.24, 2.45) is 0 Å². The molecule has 0 aliphatic heterocycles. The van der Waals surface area contributed by atoms with E-state index in [1.807, 2.05) is 44.2 Å². The van der Waals surface area contributed by atoms with Gasteiger partial charge in [0, 0.05) is 42.3 Å². The van der Waals surface area contributed by atoms with Gasteiger partial charge < -0.3 is 20.3 Å². The number of nitrogens with zero attached hydrogens (tertiary/aromatic N) is 2. The Kier molecular flexibility index (Phi) is 9.81. The zero-order valence-electron chi connectivity index (χ0n) is 22.4. The van der Waals surface area contributed by atoms with E-state index in [0.29, 0.717) is 29.6 Å². The molecule has 2 atom stereocenters. The number of pyridine rings is 1. The van der Waals surface area contributed by atoms with Crippen LogP contribution in [0, 0.1) is 13.8 Å². The van der Waals surface area contributed by atoms with Crippen molar-refractivity contribution >= 4 is 29.1 Å². The van der Waals surface area contributed by atoms with Crippen LogP contribution in [0.1, 0.15) is 46.7 Å². The molecule has 0 saturated carbocycles. The number of nitrogens with one attached hydrogen (secondary N) is 2. The third-order valence-electron chi connectivity index (χ3n) is 6.69. The van der Waals surface area contributed by atoms with Gasteiger partial charge >= 0.3 is 0 Å². The minimum absolute atomic E-state index is 0.0609. The number of carbonyl (C=O) groups is 1. The molecule has 0 radical (unpaired) electrons. The third kappa shape index (κ3) is 7.93. The summed E-state index contributed by atoms with van der Waals surface area (Å²) in [4.78, 5) is 17.0. The van der Waals surface area contributed by atoms with E-state index in [2.05, 4.69) is 51.4 Å². The Morgan fingerprint density at radius 2 is 1.69 bits per heavy atom. The molecule has 0 saturated heterocycles. The van der Waals surface area contributed by atoms with E-state index < -0.39 is 6.10 Å². The van der Waals surface area contributed by atoms with Gasteiger partial charge in [0.25, 0.3) is 0 Å². The van der Waals surface area contributed by atoms with Crippen LogP contribution in [0.5, 0.6) is 0 Å². The Balaban J connectivity index is 1.25. The first-order valence-electron chi connectivity index (χ1n) is 13.0. The summed E-state index contributed by atoms with van der Waals surface area (Å²) in [6.07, 6.45) is 2.14. The molecule has 2 aromatic heterocycles.